The minimum absolute atomic E-state index is 0.00203. The zero-order chi connectivity index (χ0) is 18.7. The Morgan fingerprint density at radius 3 is 2.24 bits per heavy atom. The molecule has 1 heterocycles. The van der Waals surface area contributed by atoms with Crippen molar-refractivity contribution in [2.24, 2.45) is 0 Å². The van der Waals surface area contributed by atoms with E-state index in [4.69, 9.17) is 12.2 Å². The SMILES string of the molecule is C=CCNC(=S)N1CCN(S(=O)(=O)c2ccc(C(C)(C)C)cc2)CC1. The molecule has 5 nitrogen and oxygen atoms in total. The van der Waals surface area contributed by atoms with Crippen LogP contribution in [0.5, 0.6) is 0 Å². The fourth-order valence-corrected chi connectivity index (χ4v) is 4.37. The van der Waals surface area contributed by atoms with E-state index in [1.54, 1.807) is 18.2 Å². The van der Waals surface area contributed by atoms with Crippen molar-refractivity contribution in [1.82, 2.24) is 14.5 Å². The van der Waals surface area contributed by atoms with Crippen LogP contribution in [0.1, 0.15) is 26.3 Å². The van der Waals surface area contributed by atoms with E-state index in [0.29, 0.717) is 42.7 Å². The lowest BCUT2D eigenvalue weighted by atomic mass is 9.87. The van der Waals surface area contributed by atoms with Gasteiger partial charge in [0.05, 0.1) is 4.90 Å². The molecule has 2 rings (SSSR count). The standard InChI is InChI=1S/C18H27N3O2S2/c1-5-10-19-17(24)20-11-13-21(14-12-20)25(22,23)16-8-6-15(7-9-16)18(2,3)4/h5-9H,1,10-14H2,2-4H3,(H,19,24). The molecule has 7 heteroatoms. The van der Waals surface area contributed by atoms with Gasteiger partial charge >= 0.3 is 0 Å². The van der Waals surface area contributed by atoms with Crippen LogP contribution >= 0.6 is 12.2 Å². The zero-order valence-corrected chi connectivity index (χ0v) is 16.8. The molecule has 0 radical (unpaired) electrons. The number of hydrogen-bond donors (Lipinski definition) is 1. The molecule has 0 aromatic heterocycles. The summed E-state index contributed by atoms with van der Waals surface area (Å²) < 4.78 is 27.2. The molecule has 1 saturated heterocycles. The molecule has 1 aromatic carbocycles. The monoisotopic (exact) mass is 381 g/mol. The Morgan fingerprint density at radius 1 is 1.20 bits per heavy atom. The van der Waals surface area contributed by atoms with Crippen molar-refractivity contribution in [3.05, 3.63) is 42.5 Å². The van der Waals surface area contributed by atoms with Gasteiger partial charge in [-0.25, -0.2) is 8.42 Å². The van der Waals surface area contributed by atoms with Gasteiger partial charge < -0.3 is 10.2 Å². The van der Waals surface area contributed by atoms with E-state index in [-0.39, 0.29) is 5.41 Å². The molecule has 0 unspecified atom stereocenters. The topological polar surface area (TPSA) is 52.6 Å². The highest BCUT2D eigenvalue weighted by Crippen LogP contribution is 2.25. The first-order valence-electron chi connectivity index (χ1n) is 8.40. The highest BCUT2D eigenvalue weighted by molar-refractivity contribution is 7.89. The first-order valence-corrected chi connectivity index (χ1v) is 10.3. The van der Waals surface area contributed by atoms with E-state index in [2.05, 4.69) is 32.7 Å². The van der Waals surface area contributed by atoms with E-state index < -0.39 is 10.0 Å². The van der Waals surface area contributed by atoms with Crippen molar-refractivity contribution >= 4 is 27.4 Å². The maximum atomic E-state index is 12.8. The van der Waals surface area contributed by atoms with Crippen molar-refractivity contribution in [3.8, 4) is 0 Å². The number of benzene rings is 1. The molecule has 1 aliphatic rings. The van der Waals surface area contributed by atoms with Crippen LogP contribution in [0.4, 0.5) is 0 Å². The summed E-state index contributed by atoms with van der Waals surface area (Å²) >= 11 is 5.31. The summed E-state index contributed by atoms with van der Waals surface area (Å²) in [6, 6.07) is 7.21. The van der Waals surface area contributed by atoms with E-state index in [1.165, 1.54) is 4.31 Å². The van der Waals surface area contributed by atoms with Crippen molar-refractivity contribution < 1.29 is 8.42 Å². The third-order valence-electron chi connectivity index (χ3n) is 4.28. The Morgan fingerprint density at radius 2 is 1.76 bits per heavy atom. The summed E-state index contributed by atoms with van der Waals surface area (Å²) in [5.74, 6) is 0. The first-order chi connectivity index (χ1) is 11.7. The van der Waals surface area contributed by atoms with Crippen LogP contribution in [0.15, 0.2) is 41.8 Å². The molecule has 1 aromatic rings. The van der Waals surface area contributed by atoms with Crippen LogP contribution in [-0.4, -0.2) is 55.5 Å². The predicted molar refractivity (Wildman–Crippen MR) is 106 cm³/mol. The molecule has 0 amide bonds. The van der Waals surface area contributed by atoms with Crippen LogP contribution in [0, 0.1) is 0 Å². The molecular formula is C18H27N3O2S2. The molecule has 1 aliphatic heterocycles. The maximum Gasteiger partial charge on any atom is 0.243 e. The van der Waals surface area contributed by atoms with Crippen LogP contribution in [0.3, 0.4) is 0 Å². The number of nitrogens with one attached hydrogen (secondary N) is 1. The second-order valence-electron chi connectivity index (χ2n) is 7.14. The van der Waals surface area contributed by atoms with Crippen LogP contribution in [0.2, 0.25) is 0 Å². The molecule has 1 fully saturated rings. The number of rotatable bonds is 4. The van der Waals surface area contributed by atoms with E-state index >= 15 is 0 Å². The van der Waals surface area contributed by atoms with Gasteiger partial charge in [0.15, 0.2) is 5.11 Å². The molecule has 138 valence electrons. The molecule has 1 N–H and O–H groups in total. The lowest BCUT2D eigenvalue weighted by Crippen LogP contribution is -2.53. The minimum atomic E-state index is -3.46. The number of hydrogen-bond acceptors (Lipinski definition) is 3. The summed E-state index contributed by atoms with van der Waals surface area (Å²) in [5.41, 5.74) is 1.12. The molecular weight excluding hydrogens is 354 g/mol. The van der Waals surface area contributed by atoms with Crippen LogP contribution in [0.25, 0.3) is 0 Å². The quantitative estimate of drug-likeness (QED) is 0.641. The van der Waals surface area contributed by atoms with Gasteiger partial charge in [-0.05, 0) is 35.3 Å². The molecule has 25 heavy (non-hydrogen) atoms. The average molecular weight is 382 g/mol. The molecule has 0 saturated carbocycles. The predicted octanol–water partition coefficient (Wildman–Crippen LogP) is 2.35. The van der Waals surface area contributed by atoms with E-state index in [9.17, 15) is 8.42 Å². The van der Waals surface area contributed by atoms with Crippen molar-refractivity contribution in [2.45, 2.75) is 31.1 Å². The minimum Gasteiger partial charge on any atom is -0.359 e. The fourth-order valence-electron chi connectivity index (χ4n) is 2.68. The summed E-state index contributed by atoms with van der Waals surface area (Å²) in [4.78, 5) is 2.34. The number of thiocarbonyl (C=S) groups is 1. The fraction of sp³-hybridized carbons (Fsp3) is 0.500. The van der Waals surface area contributed by atoms with Crippen LogP contribution < -0.4 is 5.32 Å². The summed E-state index contributed by atoms with van der Waals surface area (Å²) in [5, 5.41) is 3.72. The molecule has 0 spiro atoms. The third-order valence-corrected chi connectivity index (χ3v) is 6.60. The van der Waals surface area contributed by atoms with Gasteiger partial charge in [-0.1, -0.05) is 39.0 Å². The zero-order valence-electron chi connectivity index (χ0n) is 15.2. The second kappa shape index (κ2) is 7.85. The highest BCUT2D eigenvalue weighted by Gasteiger charge is 2.29. The summed E-state index contributed by atoms with van der Waals surface area (Å²) in [7, 11) is -3.46. The van der Waals surface area contributed by atoms with E-state index in [0.717, 1.165) is 5.56 Å². The normalized spacial score (nSPS) is 16.5. The van der Waals surface area contributed by atoms with Crippen molar-refractivity contribution in [3.63, 3.8) is 0 Å². The Balaban J connectivity index is 2.04. The van der Waals surface area contributed by atoms with Gasteiger partial charge in [-0.3, -0.25) is 0 Å². The Labute approximate surface area is 156 Å². The van der Waals surface area contributed by atoms with Gasteiger partial charge in [0.25, 0.3) is 0 Å². The Hall–Kier alpha value is -1.44. The summed E-state index contributed by atoms with van der Waals surface area (Å²) in [6.45, 7) is 12.6. The molecule has 0 atom stereocenters. The van der Waals surface area contributed by atoms with E-state index in [1.807, 2.05) is 17.0 Å². The van der Waals surface area contributed by atoms with Gasteiger partial charge in [-0.2, -0.15) is 4.31 Å². The van der Waals surface area contributed by atoms with Crippen LogP contribution in [-0.2, 0) is 15.4 Å². The molecule has 0 bridgehead atoms. The second-order valence-corrected chi connectivity index (χ2v) is 9.46. The Kier molecular flexibility index (Phi) is 6.24. The first kappa shape index (κ1) is 19.9. The van der Waals surface area contributed by atoms with Crippen molar-refractivity contribution in [1.29, 1.82) is 0 Å². The largest absolute Gasteiger partial charge is 0.359 e. The molecule has 0 aliphatic carbocycles. The van der Waals surface area contributed by atoms with Gasteiger partial charge in [-0.15, -0.1) is 6.58 Å². The number of piperazine rings is 1. The third kappa shape index (κ3) is 4.80. The number of sulfonamides is 1. The maximum absolute atomic E-state index is 12.8. The lowest BCUT2D eigenvalue weighted by Gasteiger charge is -2.35. The van der Waals surface area contributed by atoms with Gasteiger partial charge in [0, 0.05) is 32.7 Å². The van der Waals surface area contributed by atoms with Gasteiger partial charge in [0.1, 0.15) is 0 Å². The summed E-state index contributed by atoms with van der Waals surface area (Å²) in [6.07, 6.45) is 1.74. The average Bonchev–Trinajstić information content (AvgIpc) is 2.59. The Bertz CT molecular complexity index is 714. The van der Waals surface area contributed by atoms with Crippen molar-refractivity contribution in [2.75, 3.05) is 32.7 Å². The van der Waals surface area contributed by atoms with Gasteiger partial charge in [0.2, 0.25) is 10.0 Å². The number of nitrogens with zero attached hydrogens (tertiary/aromatic N) is 2. The lowest BCUT2D eigenvalue weighted by molar-refractivity contribution is 0.264. The highest BCUT2D eigenvalue weighted by atomic mass is 32.2. The smallest absolute Gasteiger partial charge is 0.243 e.